The van der Waals surface area contributed by atoms with Gasteiger partial charge in [-0.1, -0.05) is 33.6 Å². The summed E-state index contributed by atoms with van der Waals surface area (Å²) in [5.74, 6) is 0.550. The number of hydrogen-bond donors (Lipinski definition) is 1. The lowest BCUT2D eigenvalue weighted by Crippen LogP contribution is -2.14. The Bertz CT molecular complexity index is 692. The Balaban J connectivity index is 1.89. The van der Waals surface area contributed by atoms with E-state index in [1.54, 1.807) is 18.3 Å². The first-order chi connectivity index (χ1) is 10.1. The number of hydrogen-bond acceptors (Lipinski definition) is 4. The predicted molar refractivity (Wildman–Crippen MR) is 86.8 cm³/mol. The minimum absolute atomic E-state index is 0.0665. The van der Waals surface area contributed by atoms with E-state index in [1.165, 1.54) is 0 Å². The van der Waals surface area contributed by atoms with Gasteiger partial charge in [0.05, 0.1) is 16.1 Å². The number of rotatable bonds is 2. The topological polar surface area (TPSA) is 54.9 Å². The van der Waals surface area contributed by atoms with Crippen molar-refractivity contribution in [2.75, 3.05) is 5.32 Å². The molecule has 0 saturated carbocycles. The van der Waals surface area contributed by atoms with Crippen molar-refractivity contribution in [2.45, 2.75) is 24.1 Å². The fraction of sp³-hybridized carbons (Fsp3) is 0.267. The van der Waals surface area contributed by atoms with Gasteiger partial charge in [0.15, 0.2) is 5.78 Å². The van der Waals surface area contributed by atoms with Gasteiger partial charge >= 0.3 is 0 Å². The van der Waals surface area contributed by atoms with Crippen molar-refractivity contribution in [1.29, 1.82) is 0 Å². The first-order valence-electron chi connectivity index (χ1n) is 6.70. The van der Waals surface area contributed by atoms with E-state index < -0.39 is 0 Å². The van der Waals surface area contributed by atoms with Crippen LogP contribution in [0.4, 0.5) is 11.6 Å². The molecule has 1 aromatic carbocycles. The first-order valence-corrected chi connectivity index (χ1v) is 7.99. The van der Waals surface area contributed by atoms with Crippen molar-refractivity contribution in [3.63, 3.8) is 0 Å². The fourth-order valence-corrected chi connectivity index (χ4v) is 3.08. The van der Waals surface area contributed by atoms with E-state index in [1.807, 2.05) is 12.1 Å². The quantitative estimate of drug-likeness (QED) is 0.640. The van der Waals surface area contributed by atoms with E-state index in [9.17, 15) is 4.79 Å². The molecule has 0 fully saturated rings. The van der Waals surface area contributed by atoms with Crippen LogP contribution in [0.5, 0.6) is 0 Å². The van der Waals surface area contributed by atoms with Gasteiger partial charge in [0.1, 0.15) is 0 Å². The van der Waals surface area contributed by atoms with Crippen molar-refractivity contribution in [3.8, 4) is 0 Å². The van der Waals surface area contributed by atoms with Crippen LogP contribution in [0.25, 0.3) is 0 Å². The summed E-state index contributed by atoms with van der Waals surface area (Å²) in [4.78, 5) is 20.8. The van der Waals surface area contributed by atoms with Gasteiger partial charge in [0.2, 0.25) is 5.95 Å². The number of carbonyl (C=O) groups excluding carboxylic acids is 1. The van der Waals surface area contributed by atoms with Crippen LogP contribution < -0.4 is 5.32 Å². The molecule has 0 amide bonds. The number of Topliss-reactive ketones (excluding diaryl/α,β-unsaturated/α-hetero) is 1. The molecule has 1 unspecified atom stereocenters. The first kappa shape index (κ1) is 14.5. The third-order valence-electron chi connectivity index (χ3n) is 3.37. The van der Waals surface area contributed by atoms with Crippen molar-refractivity contribution in [1.82, 2.24) is 9.97 Å². The zero-order chi connectivity index (χ0) is 14.8. The van der Waals surface area contributed by atoms with Crippen LogP contribution >= 0.6 is 27.5 Å². The van der Waals surface area contributed by atoms with Gasteiger partial charge < -0.3 is 5.32 Å². The molecule has 0 radical (unpaired) electrons. The summed E-state index contributed by atoms with van der Waals surface area (Å²) in [6.45, 7) is 0. The molecule has 2 aromatic rings. The molecular formula is C15H13BrClN3O. The monoisotopic (exact) mass is 365 g/mol. The average molecular weight is 367 g/mol. The Morgan fingerprint density at radius 1 is 1.38 bits per heavy atom. The van der Waals surface area contributed by atoms with Crippen molar-refractivity contribution < 1.29 is 4.79 Å². The molecule has 1 aromatic heterocycles. The largest absolute Gasteiger partial charge is 0.324 e. The van der Waals surface area contributed by atoms with Gasteiger partial charge in [-0.2, -0.15) is 0 Å². The lowest BCUT2D eigenvalue weighted by atomic mass is 10.1. The summed E-state index contributed by atoms with van der Waals surface area (Å²) in [5, 5.41) is 3.76. The molecular weight excluding hydrogens is 354 g/mol. The lowest BCUT2D eigenvalue weighted by Gasteiger charge is -2.09. The average Bonchev–Trinajstić information content (AvgIpc) is 2.59. The summed E-state index contributed by atoms with van der Waals surface area (Å²) in [7, 11) is 0. The number of ketones is 1. The number of aryl methyl sites for hydroxylation is 1. The smallest absolute Gasteiger partial charge is 0.227 e. The number of nitrogens with one attached hydrogen (secondary N) is 1. The highest BCUT2D eigenvalue weighted by atomic mass is 79.9. The maximum atomic E-state index is 12.2. The number of alkyl halides is 1. The summed E-state index contributed by atoms with van der Waals surface area (Å²) < 4.78 is 0. The second kappa shape index (κ2) is 6.12. The normalized spacial score (nSPS) is 18.0. The molecule has 0 spiro atoms. The Kier molecular flexibility index (Phi) is 4.22. The Hall–Kier alpha value is -1.46. The molecule has 1 aliphatic carbocycles. The zero-order valence-electron chi connectivity index (χ0n) is 11.1. The number of carbonyl (C=O) groups is 1. The molecule has 0 aliphatic heterocycles. The molecule has 1 heterocycles. The maximum absolute atomic E-state index is 12.2. The van der Waals surface area contributed by atoms with E-state index in [-0.39, 0.29) is 10.6 Å². The van der Waals surface area contributed by atoms with E-state index in [4.69, 9.17) is 11.6 Å². The highest BCUT2D eigenvalue weighted by Crippen LogP contribution is 2.25. The number of nitrogens with zero attached hydrogens (tertiary/aromatic N) is 2. The maximum Gasteiger partial charge on any atom is 0.227 e. The number of benzene rings is 1. The van der Waals surface area contributed by atoms with Gasteiger partial charge in [0, 0.05) is 16.9 Å². The second-order valence-electron chi connectivity index (χ2n) is 4.91. The van der Waals surface area contributed by atoms with Crippen LogP contribution in [0.3, 0.4) is 0 Å². The Labute approximate surface area is 136 Å². The van der Waals surface area contributed by atoms with Crippen molar-refractivity contribution in [3.05, 3.63) is 46.7 Å². The van der Waals surface area contributed by atoms with E-state index >= 15 is 0 Å². The van der Waals surface area contributed by atoms with Crippen molar-refractivity contribution >= 4 is 44.9 Å². The highest BCUT2D eigenvalue weighted by molar-refractivity contribution is 9.10. The summed E-state index contributed by atoms with van der Waals surface area (Å²) in [6.07, 6.45) is 4.15. The Morgan fingerprint density at radius 2 is 2.24 bits per heavy atom. The molecule has 1 N–H and O–H groups in total. The number of halogens is 2. The molecule has 0 bridgehead atoms. The molecule has 6 heteroatoms. The van der Waals surface area contributed by atoms with Crippen LogP contribution in [0, 0.1) is 0 Å². The molecule has 108 valence electrons. The fourth-order valence-electron chi connectivity index (χ4n) is 2.32. The van der Waals surface area contributed by atoms with Crippen LogP contribution in [-0.2, 0) is 6.42 Å². The molecule has 1 atom stereocenters. The van der Waals surface area contributed by atoms with E-state index in [2.05, 4.69) is 31.2 Å². The zero-order valence-corrected chi connectivity index (χ0v) is 13.5. The number of fused-ring (bicyclic) bond motifs is 1. The van der Waals surface area contributed by atoms with E-state index in [0.717, 1.165) is 30.6 Å². The molecule has 1 aliphatic rings. The van der Waals surface area contributed by atoms with Gasteiger partial charge in [-0.25, -0.2) is 9.97 Å². The van der Waals surface area contributed by atoms with Gasteiger partial charge in [0.25, 0.3) is 0 Å². The van der Waals surface area contributed by atoms with Gasteiger partial charge in [-0.05, 0) is 37.5 Å². The van der Waals surface area contributed by atoms with Crippen LogP contribution in [-0.4, -0.2) is 20.6 Å². The van der Waals surface area contributed by atoms with Gasteiger partial charge in [-0.3, -0.25) is 4.79 Å². The van der Waals surface area contributed by atoms with Crippen LogP contribution in [0.2, 0.25) is 5.02 Å². The van der Waals surface area contributed by atoms with Crippen LogP contribution in [0.1, 0.15) is 28.9 Å². The highest BCUT2D eigenvalue weighted by Gasteiger charge is 2.24. The second-order valence-corrected chi connectivity index (χ2v) is 6.46. The van der Waals surface area contributed by atoms with E-state index in [0.29, 0.717) is 16.5 Å². The minimum Gasteiger partial charge on any atom is -0.324 e. The summed E-state index contributed by atoms with van der Waals surface area (Å²) in [6, 6.07) is 7.35. The Morgan fingerprint density at radius 3 is 3.05 bits per heavy atom. The molecule has 21 heavy (non-hydrogen) atoms. The third kappa shape index (κ3) is 3.24. The lowest BCUT2D eigenvalue weighted by molar-refractivity contribution is 0.0990. The number of aromatic nitrogens is 2. The number of anilines is 2. The molecule has 4 nitrogen and oxygen atoms in total. The molecule has 3 rings (SSSR count). The SMILES string of the molecule is O=C1c2cnc(Nc3cccc(Cl)c3)nc2CCCC1Br. The third-order valence-corrected chi connectivity index (χ3v) is 4.48. The predicted octanol–water partition coefficient (Wildman–Crippen LogP) is 4.16. The minimum atomic E-state index is -0.130. The van der Waals surface area contributed by atoms with Gasteiger partial charge in [-0.15, -0.1) is 0 Å². The van der Waals surface area contributed by atoms with Crippen molar-refractivity contribution in [2.24, 2.45) is 0 Å². The summed E-state index contributed by atoms with van der Waals surface area (Å²) in [5.41, 5.74) is 2.24. The van der Waals surface area contributed by atoms with Crippen LogP contribution in [0.15, 0.2) is 30.5 Å². The molecule has 0 saturated heterocycles. The summed E-state index contributed by atoms with van der Waals surface area (Å²) >= 11 is 9.37. The standard InChI is InChI=1S/C15H13BrClN3O/c16-12-5-2-6-13-11(14(12)21)8-18-15(20-13)19-10-4-1-3-9(17)7-10/h1,3-4,7-8,12H,2,5-6H2,(H,18,19,20).